The first-order valence-electron chi connectivity index (χ1n) is 7.60. The maximum Gasteiger partial charge on any atom is 0.255 e. The van der Waals surface area contributed by atoms with E-state index < -0.39 is 9.84 Å². The number of benzene rings is 2. The van der Waals surface area contributed by atoms with Crippen molar-refractivity contribution in [3.8, 4) is 0 Å². The standard InChI is InChI=1S/C18H20N2O4S/c1-12-10-15(17(21)19-2)8-9-16(12)20-18(22)14-6-4-13(5-7-14)11-25(3,23)24/h4-10H,11H2,1-3H3,(H,19,21)(H,20,22). The first kappa shape index (κ1) is 18.7. The van der Waals surface area contributed by atoms with Crippen molar-refractivity contribution in [1.82, 2.24) is 5.32 Å². The Hall–Kier alpha value is -2.67. The first-order chi connectivity index (χ1) is 11.7. The number of aryl methyl sites for hydroxylation is 1. The molecule has 0 aliphatic heterocycles. The van der Waals surface area contributed by atoms with E-state index in [1.165, 1.54) is 6.26 Å². The van der Waals surface area contributed by atoms with E-state index in [1.807, 2.05) is 0 Å². The number of nitrogens with one attached hydrogen (secondary N) is 2. The van der Waals surface area contributed by atoms with Crippen LogP contribution in [-0.2, 0) is 15.6 Å². The predicted molar refractivity (Wildman–Crippen MR) is 97.5 cm³/mol. The molecule has 0 atom stereocenters. The highest BCUT2D eigenvalue weighted by atomic mass is 32.2. The quantitative estimate of drug-likeness (QED) is 0.854. The molecule has 0 heterocycles. The van der Waals surface area contributed by atoms with Crippen LogP contribution >= 0.6 is 0 Å². The second kappa shape index (κ2) is 7.48. The maximum atomic E-state index is 12.3. The van der Waals surface area contributed by atoms with Gasteiger partial charge in [-0.05, 0) is 48.4 Å². The van der Waals surface area contributed by atoms with Crippen molar-refractivity contribution in [2.45, 2.75) is 12.7 Å². The second-order valence-electron chi connectivity index (χ2n) is 5.83. The molecule has 2 aromatic carbocycles. The molecule has 0 saturated carbocycles. The van der Waals surface area contributed by atoms with Crippen molar-refractivity contribution >= 4 is 27.3 Å². The van der Waals surface area contributed by atoms with Crippen LogP contribution in [0.1, 0.15) is 31.8 Å². The summed E-state index contributed by atoms with van der Waals surface area (Å²) < 4.78 is 22.6. The number of carbonyl (C=O) groups excluding carboxylic acids is 2. The highest BCUT2D eigenvalue weighted by Crippen LogP contribution is 2.18. The van der Waals surface area contributed by atoms with E-state index in [0.717, 1.165) is 5.56 Å². The van der Waals surface area contributed by atoms with Crippen molar-refractivity contribution in [3.05, 3.63) is 64.7 Å². The molecule has 0 aliphatic rings. The SMILES string of the molecule is CNC(=O)c1ccc(NC(=O)c2ccc(CS(C)(=O)=O)cc2)c(C)c1. The predicted octanol–water partition coefficient (Wildman–Crippen LogP) is 2.15. The summed E-state index contributed by atoms with van der Waals surface area (Å²) in [7, 11) is -1.55. The smallest absolute Gasteiger partial charge is 0.255 e. The second-order valence-corrected chi connectivity index (χ2v) is 7.97. The summed E-state index contributed by atoms with van der Waals surface area (Å²) in [6.45, 7) is 1.80. The lowest BCUT2D eigenvalue weighted by Gasteiger charge is -2.10. The highest BCUT2D eigenvalue weighted by Gasteiger charge is 2.11. The van der Waals surface area contributed by atoms with E-state index in [4.69, 9.17) is 0 Å². The Morgan fingerprint density at radius 2 is 1.56 bits per heavy atom. The minimum absolute atomic E-state index is 0.0606. The van der Waals surface area contributed by atoms with Crippen LogP contribution in [-0.4, -0.2) is 33.5 Å². The molecule has 0 radical (unpaired) electrons. The molecule has 25 heavy (non-hydrogen) atoms. The summed E-state index contributed by atoms with van der Waals surface area (Å²) in [5, 5.41) is 5.34. The van der Waals surface area contributed by atoms with Crippen molar-refractivity contribution in [3.63, 3.8) is 0 Å². The molecule has 0 unspecified atom stereocenters. The molecule has 2 rings (SSSR count). The monoisotopic (exact) mass is 360 g/mol. The van der Waals surface area contributed by atoms with E-state index in [9.17, 15) is 18.0 Å². The molecule has 0 aliphatic carbocycles. The van der Waals surface area contributed by atoms with Gasteiger partial charge >= 0.3 is 0 Å². The fraction of sp³-hybridized carbons (Fsp3) is 0.222. The van der Waals surface area contributed by atoms with E-state index in [0.29, 0.717) is 22.4 Å². The Balaban J connectivity index is 2.13. The van der Waals surface area contributed by atoms with Gasteiger partial charge in [0.2, 0.25) is 0 Å². The minimum atomic E-state index is -3.11. The molecule has 132 valence electrons. The third-order valence-corrected chi connectivity index (χ3v) is 4.47. The highest BCUT2D eigenvalue weighted by molar-refractivity contribution is 7.89. The summed E-state index contributed by atoms with van der Waals surface area (Å²) in [4.78, 5) is 23.9. The Kier molecular flexibility index (Phi) is 5.58. The van der Waals surface area contributed by atoms with E-state index in [-0.39, 0.29) is 17.6 Å². The zero-order valence-electron chi connectivity index (χ0n) is 14.3. The van der Waals surface area contributed by atoms with Gasteiger partial charge < -0.3 is 10.6 Å². The van der Waals surface area contributed by atoms with Gasteiger partial charge in [-0.25, -0.2) is 8.42 Å². The average molecular weight is 360 g/mol. The van der Waals surface area contributed by atoms with Crippen LogP contribution < -0.4 is 10.6 Å². The van der Waals surface area contributed by atoms with E-state index >= 15 is 0 Å². The number of rotatable bonds is 5. The molecule has 0 spiro atoms. The zero-order valence-corrected chi connectivity index (χ0v) is 15.1. The van der Waals surface area contributed by atoms with Crippen LogP contribution in [0.3, 0.4) is 0 Å². The third-order valence-electron chi connectivity index (χ3n) is 3.61. The average Bonchev–Trinajstić information content (AvgIpc) is 2.55. The van der Waals surface area contributed by atoms with Crippen LogP contribution in [0.25, 0.3) is 0 Å². The molecule has 0 fully saturated rings. The van der Waals surface area contributed by atoms with Gasteiger partial charge in [0, 0.05) is 30.1 Å². The van der Waals surface area contributed by atoms with Gasteiger partial charge in [-0.2, -0.15) is 0 Å². The van der Waals surface area contributed by atoms with E-state index in [1.54, 1.807) is 56.4 Å². The molecule has 0 aromatic heterocycles. The van der Waals surface area contributed by atoms with Crippen molar-refractivity contribution < 1.29 is 18.0 Å². The molecule has 0 saturated heterocycles. The summed E-state index contributed by atoms with van der Waals surface area (Å²) in [6.07, 6.45) is 1.17. The van der Waals surface area contributed by atoms with Gasteiger partial charge in [0.1, 0.15) is 0 Å². The maximum absolute atomic E-state index is 12.3. The first-order valence-corrected chi connectivity index (χ1v) is 9.66. The van der Waals surface area contributed by atoms with Gasteiger partial charge in [0.25, 0.3) is 11.8 Å². The Morgan fingerprint density at radius 3 is 2.08 bits per heavy atom. The van der Waals surface area contributed by atoms with Crippen molar-refractivity contribution in [1.29, 1.82) is 0 Å². The van der Waals surface area contributed by atoms with Crippen LogP contribution in [0, 0.1) is 6.92 Å². The summed E-state index contributed by atoms with van der Waals surface area (Å²) in [5.41, 5.74) is 2.95. The van der Waals surface area contributed by atoms with Gasteiger partial charge in [-0.1, -0.05) is 12.1 Å². The van der Waals surface area contributed by atoms with E-state index in [2.05, 4.69) is 10.6 Å². The molecule has 0 bridgehead atoms. The fourth-order valence-corrected chi connectivity index (χ4v) is 3.14. The van der Waals surface area contributed by atoms with Crippen LogP contribution in [0.2, 0.25) is 0 Å². The summed E-state index contributed by atoms with van der Waals surface area (Å²) in [6, 6.07) is 11.4. The molecule has 6 nitrogen and oxygen atoms in total. The van der Waals surface area contributed by atoms with Crippen LogP contribution in [0.5, 0.6) is 0 Å². The number of sulfone groups is 1. The fourth-order valence-electron chi connectivity index (χ4n) is 2.34. The lowest BCUT2D eigenvalue weighted by Crippen LogP contribution is -2.18. The summed E-state index contributed by atoms with van der Waals surface area (Å²) >= 11 is 0. The Labute approximate surface area is 147 Å². The summed E-state index contributed by atoms with van der Waals surface area (Å²) in [5.74, 6) is -0.557. The van der Waals surface area contributed by atoms with Crippen LogP contribution in [0.4, 0.5) is 5.69 Å². The van der Waals surface area contributed by atoms with Gasteiger partial charge in [0.15, 0.2) is 9.84 Å². The lowest BCUT2D eigenvalue weighted by molar-refractivity contribution is 0.0962. The number of hydrogen-bond acceptors (Lipinski definition) is 4. The molecular weight excluding hydrogens is 340 g/mol. The normalized spacial score (nSPS) is 11.0. The number of hydrogen-bond donors (Lipinski definition) is 2. The van der Waals surface area contributed by atoms with Gasteiger partial charge in [-0.3, -0.25) is 9.59 Å². The Morgan fingerprint density at radius 1 is 0.960 bits per heavy atom. The molecular formula is C18H20N2O4S. The van der Waals surface area contributed by atoms with Crippen LogP contribution in [0.15, 0.2) is 42.5 Å². The van der Waals surface area contributed by atoms with Crippen molar-refractivity contribution in [2.75, 3.05) is 18.6 Å². The topological polar surface area (TPSA) is 92.3 Å². The number of carbonyl (C=O) groups is 2. The molecule has 7 heteroatoms. The lowest BCUT2D eigenvalue weighted by atomic mass is 10.1. The zero-order chi connectivity index (χ0) is 18.6. The van der Waals surface area contributed by atoms with Gasteiger partial charge in [0.05, 0.1) is 5.75 Å². The molecule has 2 N–H and O–H groups in total. The number of anilines is 1. The third kappa shape index (κ3) is 5.15. The van der Waals surface area contributed by atoms with Crippen molar-refractivity contribution in [2.24, 2.45) is 0 Å². The Bertz CT molecular complexity index is 903. The number of amides is 2. The minimum Gasteiger partial charge on any atom is -0.355 e. The van der Waals surface area contributed by atoms with Gasteiger partial charge in [-0.15, -0.1) is 0 Å². The largest absolute Gasteiger partial charge is 0.355 e. The molecule has 2 aromatic rings. The molecule has 2 amide bonds.